The Morgan fingerprint density at radius 2 is 0.581 bits per heavy atom. The van der Waals surface area contributed by atoms with Crippen LogP contribution in [0.25, 0.3) is 0 Å². The van der Waals surface area contributed by atoms with Crippen LogP contribution in [0.1, 0.15) is 25.7 Å². The molecule has 0 heterocycles. The third kappa shape index (κ3) is 23.6. The van der Waals surface area contributed by atoms with E-state index in [1.54, 1.807) is 0 Å². The van der Waals surface area contributed by atoms with Crippen LogP contribution in [0.5, 0.6) is 0 Å². The van der Waals surface area contributed by atoms with Crippen molar-refractivity contribution in [1.29, 1.82) is 0 Å². The maximum atomic E-state index is 10.3. The number of aliphatic hydroxyl groups is 2. The third-order valence-corrected chi connectivity index (χ3v) is 2.57. The van der Waals surface area contributed by atoms with Gasteiger partial charge < -0.3 is 46.3 Å². The van der Waals surface area contributed by atoms with Gasteiger partial charge in [-0.2, -0.15) is 0 Å². The fourth-order valence-corrected chi connectivity index (χ4v) is 1.43. The first-order valence-corrected chi connectivity index (χ1v) is 6.34. The number of hydrogen-bond donors (Lipinski definition) is 8. The molecule has 0 amide bonds. The van der Waals surface area contributed by atoms with E-state index < -0.39 is 72.7 Å². The molecular formula is C12H22Na4O15. The van der Waals surface area contributed by atoms with Crippen molar-refractivity contribution in [2.45, 2.75) is 36.9 Å². The summed E-state index contributed by atoms with van der Waals surface area (Å²) < 4.78 is 0. The van der Waals surface area contributed by atoms with E-state index in [4.69, 9.17) is 40.9 Å². The molecule has 10 N–H and O–H groups in total. The number of carboxylic acid groups (broad SMARTS) is 6. The zero-order valence-corrected chi connectivity index (χ0v) is 13.4. The van der Waals surface area contributed by atoms with Gasteiger partial charge in [0.05, 0.1) is 25.7 Å². The van der Waals surface area contributed by atoms with Crippen molar-refractivity contribution in [3.05, 3.63) is 0 Å². The molecule has 0 aromatic rings. The van der Waals surface area contributed by atoms with Crippen molar-refractivity contribution in [2.75, 3.05) is 0 Å². The summed E-state index contributed by atoms with van der Waals surface area (Å²) in [6.07, 6.45) is -4.58. The van der Waals surface area contributed by atoms with E-state index in [1.807, 2.05) is 0 Å². The predicted molar refractivity (Wildman–Crippen MR) is 106 cm³/mol. The molecule has 0 aliphatic rings. The minimum atomic E-state index is -2.74. The van der Waals surface area contributed by atoms with Gasteiger partial charge in [0, 0.05) is 0 Å². The van der Waals surface area contributed by atoms with Gasteiger partial charge in [-0.25, -0.2) is 9.59 Å². The molecular weight excluding hydrogens is 476 g/mol. The van der Waals surface area contributed by atoms with Crippen LogP contribution in [0.2, 0.25) is 0 Å². The standard InChI is InChI=1S/2C6H8O7.4Na.H2O.4H/c2*7-3(8)1-6(13,5(11)12)2-4(9)10;;;;;;;;;/h2*13H,1-2H2,(H,7,8)(H,9,10)(H,11,12);;;;;1H2;;;;. The summed E-state index contributed by atoms with van der Waals surface area (Å²) in [6.45, 7) is 0. The summed E-state index contributed by atoms with van der Waals surface area (Å²) in [5, 5.41) is 67.6. The Morgan fingerprint density at radius 3 is 0.645 bits per heavy atom. The number of carboxylic acids is 6. The first-order valence-electron chi connectivity index (χ1n) is 6.34. The molecule has 19 heteroatoms. The second-order valence-corrected chi connectivity index (χ2v) is 4.96. The van der Waals surface area contributed by atoms with Gasteiger partial charge in [-0.05, 0) is 0 Å². The van der Waals surface area contributed by atoms with E-state index in [0.717, 1.165) is 0 Å². The van der Waals surface area contributed by atoms with Gasteiger partial charge in [0.1, 0.15) is 0 Å². The molecule has 0 rings (SSSR count). The van der Waals surface area contributed by atoms with Crippen LogP contribution in [0.15, 0.2) is 0 Å². The summed E-state index contributed by atoms with van der Waals surface area (Å²) in [4.78, 5) is 61.0. The Hall–Kier alpha value is 0.700. The first-order chi connectivity index (χ1) is 11.6. The summed E-state index contributed by atoms with van der Waals surface area (Å²) in [5.74, 6) is -10.0. The van der Waals surface area contributed by atoms with Gasteiger partial charge in [-0.3, -0.25) is 19.2 Å². The monoisotopic (exact) mass is 498 g/mol. The molecule has 0 aliphatic carbocycles. The molecule has 0 aromatic heterocycles. The topological polar surface area (TPSA) is 296 Å². The molecule has 0 unspecified atom stereocenters. The molecule has 164 valence electrons. The van der Waals surface area contributed by atoms with Crippen LogP contribution in [0.4, 0.5) is 0 Å². The summed E-state index contributed by atoms with van der Waals surface area (Å²) >= 11 is 0. The molecule has 0 saturated heterocycles. The van der Waals surface area contributed by atoms with Gasteiger partial charge in [0.25, 0.3) is 0 Å². The quantitative estimate of drug-likeness (QED) is 0.130. The molecule has 0 fully saturated rings. The van der Waals surface area contributed by atoms with Crippen LogP contribution in [0, 0.1) is 0 Å². The van der Waals surface area contributed by atoms with Crippen LogP contribution in [-0.4, -0.2) is 212 Å². The molecule has 31 heavy (non-hydrogen) atoms. The third-order valence-electron chi connectivity index (χ3n) is 2.57. The van der Waals surface area contributed by atoms with Crippen molar-refractivity contribution in [3.63, 3.8) is 0 Å². The normalized spacial score (nSPS) is 9.10. The van der Waals surface area contributed by atoms with Gasteiger partial charge >= 0.3 is 154 Å². The number of hydrogen-bond acceptors (Lipinski definition) is 8. The van der Waals surface area contributed by atoms with Crippen molar-refractivity contribution in [3.8, 4) is 0 Å². The van der Waals surface area contributed by atoms with E-state index in [9.17, 15) is 28.8 Å². The zero-order chi connectivity index (χ0) is 21.3. The number of carbonyl (C=O) groups is 6. The number of rotatable bonds is 10. The van der Waals surface area contributed by atoms with Gasteiger partial charge in [-0.1, -0.05) is 0 Å². The van der Waals surface area contributed by atoms with E-state index in [1.165, 1.54) is 0 Å². The SMILES string of the molecule is O.O=C(O)CC(O)(CC(=O)O)C(=O)O.O=C(O)CC(O)(CC(=O)O)C(=O)O.[NaH].[NaH].[NaH].[NaH]. The minimum absolute atomic E-state index is 0. The number of aliphatic carboxylic acids is 6. The molecule has 0 saturated carbocycles. The second-order valence-electron chi connectivity index (χ2n) is 4.96. The van der Waals surface area contributed by atoms with Crippen LogP contribution in [-0.2, 0) is 28.8 Å². The van der Waals surface area contributed by atoms with Gasteiger partial charge in [0.15, 0.2) is 11.2 Å². The van der Waals surface area contributed by atoms with Crippen molar-refractivity contribution < 1.29 is 75.1 Å². The molecule has 0 atom stereocenters. The summed E-state index contributed by atoms with van der Waals surface area (Å²) in [7, 11) is 0. The van der Waals surface area contributed by atoms with Crippen LogP contribution >= 0.6 is 0 Å². The molecule has 0 spiro atoms. The Bertz CT molecular complexity index is 525. The Kier molecular flexibility index (Phi) is 35.5. The fraction of sp³-hybridized carbons (Fsp3) is 0.500. The first kappa shape index (κ1) is 49.0. The van der Waals surface area contributed by atoms with Crippen LogP contribution < -0.4 is 0 Å². The molecule has 0 bridgehead atoms. The predicted octanol–water partition coefficient (Wildman–Crippen LogP) is -5.92. The second kappa shape index (κ2) is 22.5. The van der Waals surface area contributed by atoms with Gasteiger partial charge in [0.2, 0.25) is 0 Å². The van der Waals surface area contributed by atoms with Crippen molar-refractivity contribution in [2.24, 2.45) is 0 Å². The molecule has 0 radical (unpaired) electrons. The molecule has 0 aromatic carbocycles. The Morgan fingerprint density at radius 1 is 0.452 bits per heavy atom. The van der Waals surface area contributed by atoms with E-state index in [-0.39, 0.29) is 124 Å². The zero-order valence-electron chi connectivity index (χ0n) is 13.4. The van der Waals surface area contributed by atoms with Crippen molar-refractivity contribution >= 4 is 154 Å². The summed E-state index contributed by atoms with van der Waals surface area (Å²) in [5.41, 5.74) is -5.48. The van der Waals surface area contributed by atoms with Crippen LogP contribution in [0.3, 0.4) is 0 Å². The molecule has 15 nitrogen and oxygen atoms in total. The van der Waals surface area contributed by atoms with E-state index in [0.29, 0.717) is 0 Å². The van der Waals surface area contributed by atoms with E-state index >= 15 is 0 Å². The van der Waals surface area contributed by atoms with E-state index in [2.05, 4.69) is 0 Å². The Labute approximate surface area is 262 Å². The Balaban J connectivity index is -0.0000000640. The average Bonchev–Trinajstić information content (AvgIpc) is 2.34. The summed E-state index contributed by atoms with van der Waals surface area (Å²) in [6, 6.07) is 0. The van der Waals surface area contributed by atoms with Gasteiger partial charge in [-0.15, -0.1) is 0 Å². The fourth-order valence-electron chi connectivity index (χ4n) is 1.43. The van der Waals surface area contributed by atoms with Crippen molar-refractivity contribution in [1.82, 2.24) is 0 Å². The average molecular weight is 498 g/mol. The maximum absolute atomic E-state index is 10.3. The molecule has 0 aliphatic heterocycles.